The molecule has 8 nitrogen and oxygen atoms in total. The number of amides is 1. The van der Waals surface area contributed by atoms with Crippen LogP contribution in [-0.2, 0) is 22.4 Å². The largest absolute Gasteiger partial charge is 0.394 e. The highest BCUT2D eigenvalue weighted by Crippen LogP contribution is 2.32. The number of nitrogens with one attached hydrogen (secondary N) is 1. The Bertz CT molecular complexity index is 942. The van der Waals surface area contributed by atoms with E-state index in [0.717, 1.165) is 11.3 Å². The van der Waals surface area contributed by atoms with Gasteiger partial charge in [0, 0.05) is 18.8 Å². The van der Waals surface area contributed by atoms with Gasteiger partial charge in [0.15, 0.2) is 5.82 Å². The Hall–Kier alpha value is -2.78. The van der Waals surface area contributed by atoms with Crippen molar-refractivity contribution >= 4 is 17.4 Å². The average molecular weight is 388 g/mol. The number of rotatable bonds is 4. The van der Waals surface area contributed by atoms with Crippen molar-refractivity contribution in [3.8, 4) is 0 Å². The maximum Gasteiger partial charge on any atom is 0.289 e. The molecule has 0 spiro atoms. The summed E-state index contributed by atoms with van der Waals surface area (Å²) in [5.74, 6) is -1.24. The number of anilines is 2. The molecule has 2 aliphatic rings. The maximum absolute atomic E-state index is 14.3. The van der Waals surface area contributed by atoms with Crippen molar-refractivity contribution in [3.63, 3.8) is 0 Å². The number of ether oxygens (including phenoxy) is 1. The van der Waals surface area contributed by atoms with Gasteiger partial charge in [-0.05, 0) is 18.1 Å². The quantitative estimate of drug-likeness (QED) is 0.779. The molecule has 0 aliphatic carbocycles. The monoisotopic (exact) mass is 388 g/mol. The number of carbonyl (C=O) groups is 1. The predicted molar refractivity (Wildman–Crippen MR) is 100 cm³/mol. The summed E-state index contributed by atoms with van der Waals surface area (Å²) in [5.41, 5.74) is 0.814. The molecule has 0 unspecified atom stereocenters. The number of benzene rings is 1. The number of morpholine rings is 1. The van der Waals surface area contributed by atoms with Crippen LogP contribution in [0, 0.1) is 5.82 Å². The van der Waals surface area contributed by atoms with Gasteiger partial charge in [-0.2, -0.15) is 4.39 Å². The van der Waals surface area contributed by atoms with E-state index in [1.165, 1.54) is 4.90 Å². The molecule has 1 aromatic heterocycles. The zero-order chi connectivity index (χ0) is 19.7. The zero-order valence-corrected chi connectivity index (χ0v) is 15.2. The molecule has 0 bridgehead atoms. The minimum absolute atomic E-state index is 0.0598. The molecule has 2 N–H and O–H groups in total. The number of para-hydroxylation sites is 1. The number of aliphatic hydroxyl groups is 1. The summed E-state index contributed by atoms with van der Waals surface area (Å²) in [6, 6.07) is 7.08. The number of carbonyl (C=O) groups excluding carboxylic acids is 1. The molecule has 2 aliphatic heterocycles. The van der Waals surface area contributed by atoms with Gasteiger partial charge in [0.05, 0.1) is 32.3 Å². The van der Waals surface area contributed by atoms with Crippen LogP contribution in [0.5, 0.6) is 0 Å². The van der Waals surface area contributed by atoms with Gasteiger partial charge >= 0.3 is 0 Å². The molecular weight excluding hydrogens is 367 g/mol. The number of halogens is 1. The smallest absolute Gasteiger partial charge is 0.289 e. The van der Waals surface area contributed by atoms with Crippen LogP contribution in [-0.4, -0.2) is 59.9 Å². The topological polar surface area (TPSA) is 98.8 Å². The van der Waals surface area contributed by atoms with Crippen LogP contribution in [0.1, 0.15) is 11.4 Å². The lowest BCUT2D eigenvalue weighted by molar-refractivity contribution is -0.118. The number of hydrogen-bond acceptors (Lipinski definition) is 6. The molecule has 1 fully saturated rings. The number of aliphatic hydroxyl groups excluding tert-OH is 1. The second-order valence-electron chi connectivity index (χ2n) is 6.86. The van der Waals surface area contributed by atoms with Crippen molar-refractivity contribution in [3.05, 3.63) is 51.8 Å². The molecule has 1 amide bonds. The lowest BCUT2D eigenvalue weighted by Gasteiger charge is -2.28. The molecule has 1 atom stereocenters. The van der Waals surface area contributed by atoms with Gasteiger partial charge in [0.2, 0.25) is 11.7 Å². The second-order valence-corrected chi connectivity index (χ2v) is 6.86. The number of H-pyrrole nitrogens is 1. The van der Waals surface area contributed by atoms with Gasteiger partial charge in [0.25, 0.3) is 5.56 Å². The molecule has 3 heterocycles. The Morgan fingerprint density at radius 3 is 2.82 bits per heavy atom. The molecule has 2 aromatic rings. The summed E-state index contributed by atoms with van der Waals surface area (Å²) >= 11 is 0. The number of hydrogen-bond donors (Lipinski definition) is 2. The molecule has 0 saturated carbocycles. The third-order valence-electron chi connectivity index (χ3n) is 5.07. The van der Waals surface area contributed by atoms with Crippen molar-refractivity contribution in [1.82, 2.24) is 9.97 Å². The van der Waals surface area contributed by atoms with Crippen LogP contribution >= 0.6 is 0 Å². The van der Waals surface area contributed by atoms with E-state index in [4.69, 9.17) is 4.74 Å². The van der Waals surface area contributed by atoms with Crippen LogP contribution in [0.25, 0.3) is 0 Å². The normalized spacial score (nSPS) is 19.0. The standard InChI is InChI=1S/C19H21FN4O4/c20-17-18(23-5-7-28-8-6-23)21-15(22-19(17)27)10-16(26)24-13(11-25)9-12-3-1-2-4-14(12)24/h1-4,13,25H,5-11H2,(H,21,22,27)/t13-/m0/s1. The fraction of sp³-hybridized carbons (Fsp3) is 0.421. The van der Waals surface area contributed by atoms with Gasteiger partial charge < -0.3 is 24.6 Å². The van der Waals surface area contributed by atoms with Gasteiger partial charge in [-0.15, -0.1) is 0 Å². The summed E-state index contributed by atoms with van der Waals surface area (Å²) in [5, 5.41) is 9.68. The van der Waals surface area contributed by atoms with E-state index >= 15 is 0 Å². The van der Waals surface area contributed by atoms with E-state index in [1.807, 2.05) is 24.3 Å². The number of aromatic nitrogens is 2. The zero-order valence-electron chi connectivity index (χ0n) is 15.2. The van der Waals surface area contributed by atoms with Gasteiger partial charge in [-0.1, -0.05) is 18.2 Å². The fourth-order valence-electron chi connectivity index (χ4n) is 3.73. The minimum Gasteiger partial charge on any atom is -0.394 e. The first-order chi connectivity index (χ1) is 13.6. The van der Waals surface area contributed by atoms with E-state index in [1.54, 1.807) is 4.90 Å². The minimum atomic E-state index is -0.960. The Morgan fingerprint density at radius 1 is 1.32 bits per heavy atom. The highest BCUT2D eigenvalue weighted by molar-refractivity contribution is 5.97. The Labute approximate surface area is 160 Å². The van der Waals surface area contributed by atoms with Crippen LogP contribution in [0.4, 0.5) is 15.9 Å². The SMILES string of the molecule is O=C(Cc1nc(N2CCOCC2)c(F)c(=O)[nH]1)N1c2ccccc2C[C@H]1CO. The van der Waals surface area contributed by atoms with Crippen molar-refractivity contribution in [2.24, 2.45) is 0 Å². The summed E-state index contributed by atoms with van der Waals surface area (Å²) in [6.07, 6.45) is 0.364. The van der Waals surface area contributed by atoms with E-state index in [2.05, 4.69) is 9.97 Å². The average Bonchev–Trinajstić information content (AvgIpc) is 3.10. The van der Waals surface area contributed by atoms with E-state index < -0.39 is 11.4 Å². The predicted octanol–water partition coefficient (Wildman–Crippen LogP) is 0.238. The lowest BCUT2D eigenvalue weighted by Crippen LogP contribution is -2.42. The van der Waals surface area contributed by atoms with Crippen molar-refractivity contribution in [1.29, 1.82) is 0 Å². The van der Waals surface area contributed by atoms with Crippen LogP contribution in [0.3, 0.4) is 0 Å². The molecule has 28 heavy (non-hydrogen) atoms. The Balaban J connectivity index is 1.61. The number of aromatic amines is 1. The molecule has 4 rings (SSSR count). The third-order valence-corrected chi connectivity index (χ3v) is 5.07. The number of fused-ring (bicyclic) bond motifs is 1. The van der Waals surface area contributed by atoms with E-state index in [0.29, 0.717) is 32.7 Å². The number of nitrogens with zero attached hydrogens (tertiary/aromatic N) is 3. The summed E-state index contributed by atoms with van der Waals surface area (Å²) < 4.78 is 19.5. The van der Waals surface area contributed by atoms with Crippen LogP contribution in [0.2, 0.25) is 0 Å². The van der Waals surface area contributed by atoms with E-state index in [9.17, 15) is 19.1 Å². The Morgan fingerprint density at radius 2 is 2.07 bits per heavy atom. The van der Waals surface area contributed by atoms with Crippen molar-refractivity contribution in [2.75, 3.05) is 42.7 Å². The van der Waals surface area contributed by atoms with Gasteiger partial charge in [0.1, 0.15) is 5.82 Å². The lowest BCUT2D eigenvalue weighted by atomic mass is 10.1. The van der Waals surface area contributed by atoms with Gasteiger partial charge in [-0.25, -0.2) is 4.98 Å². The van der Waals surface area contributed by atoms with Gasteiger partial charge in [-0.3, -0.25) is 9.59 Å². The highest BCUT2D eigenvalue weighted by Gasteiger charge is 2.33. The fourth-order valence-corrected chi connectivity index (χ4v) is 3.73. The van der Waals surface area contributed by atoms with E-state index in [-0.39, 0.29) is 36.6 Å². The first kappa shape index (κ1) is 18.6. The summed E-state index contributed by atoms with van der Waals surface area (Å²) in [6.45, 7) is 1.52. The van der Waals surface area contributed by atoms with Crippen LogP contribution < -0.4 is 15.4 Å². The van der Waals surface area contributed by atoms with Crippen molar-refractivity contribution in [2.45, 2.75) is 18.9 Å². The van der Waals surface area contributed by atoms with Crippen LogP contribution in [0.15, 0.2) is 29.1 Å². The molecule has 9 heteroatoms. The first-order valence-electron chi connectivity index (χ1n) is 9.20. The Kier molecular flexibility index (Phi) is 5.10. The third kappa shape index (κ3) is 3.38. The molecule has 1 aromatic carbocycles. The molecule has 148 valence electrons. The summed E-state index contributed by atoms with van der Waals surface area (Å²) in [7, 11) is 0. The summed E-state index contributed by atoms with van der Waals surface area (Å²) in [4.78, 5) is 34.7. The molecule has 0 radical (unpaired) electrons. The highest BCUT2D eigenvalue weighted by atomic mass is 19.1. The first-order valence-corrected chi connectivity index (χ1v) is 9.20. The molecular formula is C19H21FN4O4. The maximum atomic E-state index is 14.3. The molecule has 1 saturated heterocycles. The second kappa shape index (κ2) is 7.69. The van der Waals surface area contributed by atoms with Crippen molar-refractivity contribution < 1.29 is 19.0 Å².